The molecule has 0 amide bonds. The van der Waals surface area contributed by atoms with Crippen molar-refractivity contribution in [3.05, 3.63) is 48.5 Å². The fraction of sp³-hybridized carbons (Fsp3) is 0.200. The minimum atomic E-state index is -5.14. The van der Waals surface area contributed by atoms with E-state index in [2.05, 4.69) is 0 Å². The number of phenolic OH excluding ortho intramolecular Hbond substituents is 1. The van der Waals surface area contributed by atoms with E-state index >= 15 is 0 Å². The fourth-order valence-corrected chi connectivity index (χ4v) is 1.45. The number of halogens is 6. The second kappa shape index (κ2) is 7.80. The van der Waals surface area contributed by atoms with Gasteiger partial charge in [-0.25, -0.2) is 0 Å². The first kappa shape index (κ1) is 19.5. The molecule has 9 heteroatoms. The number of ether oxygens (including phenoxy) is 1. The van der Waals surface area contributed by atoms with E-state index in [0.29, 0.717) is 17.2 Å². The maximum absolute atomic E-state index is 10.8. The molecule has 0 saturated heterocycles. The normalized spacial score (nSPS) is 11.4. The van der Waals surface area contributed by atoms with Gasteiger partial charge in [0, 0.05) is 11.8 Å². The number of hydrogen-bond donors (Lipinski definition) is 2. The monoisotopic (exact) mass is 353 g/mol. The molecule has 0 aliphatic heterocycles. The van der Waals surface area contributed by atoms with Gasteiger partial charge in [0.05, 0.1) is 0 Å². The van der Waals surface area contributed by atoms with Gasteiger partial charge in [0.2, 0.25) is 0 Å². The Morgan fingerprint density at radius 3 is 1.79 bits per heavy atom. The standard InChI is InChI=1S/C12H11NO2.C3H2F6/c13-9-4-6-11(7-5-9)15-12-3-1-2-10(14)8-12;4-2(5,6)1-3(7,8)9/h1-8,14H,13H2;1H2. The van der Waals surface area contributed by atoms with E-state index in [-0.39, 0.29) is 5.75 Å². The predicted octanol–water partition coefficient (Wildman–Crippen LogP) is 5.27. The fourth-order valence-electron chi connectivity index (χ4n) is 1.45. The first-order valence-electron chi connectivity index (χ1n) is 6.40. The molecule has 2 aromatic rings. The van der Waals surface area contributed by atoms with Crippen molar-refractivity contribution in [3.8, 4) is 17.2 Å². The second-order valence-corrected chi connectivity index (χ2v) is 4.58. The molecule has 0 aliphatic rings. The number of phenols is 1. The summed E-state index contributed by atoms with van der Waals surface area (Å²) in [6.45, 7) is 0. The molecular formula is C15H13F6NO2. The lowest BCUT2D eigenvalue weighted by Gasteiger charge is -2.08. The van der Waals surface area contributed by atoms with Crippen molar-refractivity contribution in [1.29, 1.82) is 0 Å². The van der Waals surface area contributed by atoms with Crippen molar-refractivity contribution in [2.45, 2.75) is 18.8 Å². The quantitative estimate of drug-likeness (QED) is 0.571. The highest BCUT2D eigenvalue weighted by atomic mass is 19.4. The maximum Gasteiger partial charge on any atom is 0.397 e. The number of nitrogens with two attached hydrogens (primary N) is 1. The van der Waals surface area contributed by atoms with E-state index in [1.165, 1.54) is 0 Å². The Morgan fingerprint density at radius 1 is 0.833 bits per heavy atom. The molecule has 0 spiro atoms. The van der Waals surface area contributed by atoms with Crippen LogP contribution in [0.2, 0.25) is 0 Å². The Balaban J connectivity index is 0.000000277. The Hall–Kier alpha value is -2.58. The molecule has 3 N–H and O–H groups in total. The molecule has 2 aromatic carbocycles. The summed E-state index contributed by atoms with van der Waals surface area (Å²) in [6, 6.07) is 13.7. The zero-order valence-electron chi connectivity index (χ0n) is 12.0. The summed E-state index contributed by atoms with van der Waals surface area (Å²) in [7, 11) is 0. The van der Waals surface area contributed by atoms with Crippen molar-refractivity contribution in [2.24, 2.45) is 0 Å². The summed E-state index contributed by atoms with van der Waals surface area (Å²) in [6.07, 6.45) is -13.0. The van der Waals surface area contributed by atoms with Crippen LogP contribution in [0.3, 0.4) is 0 Å². The van der Waals surface area contributed by atoms with Crippen LogP contribution >= 0.6 is 0 Å². The van der Waals surface area contributed by atoms with Gasteiger partial charge in [-0.05, 0) is 36.4 Å². The van der Waals surface area contributed by atoms with Crippen LogP contribution in [-0.2, 0) is 0 Å². The molecule has 0 fully saturated rings. The van der Waals surface area contributed by atoms with Gasteiger partial charge in [-0.1, -0.05) is 6.07 Å². The lowest BCUT2D eigenvalue weighted by molar-refractivity contribution is -0.232. The smallest absolute Gasteiger partial charge is 0.397 e. The summed E-state index contributed by atoms with van der Waals surface area (Å²) in [5.74, 6) is 1.47. The van der Waals surface area contributed by atoms with Gasteiger partial charge in [-0.15, -0.1) is 0 Å². The van der Waals surface area contributed by atoms with Crippen molar-refractivity contribution in [2.75, 3.05) is 5.73 Å². The number of aromatic hydroxyl groups is 1. The highest BCUT2D eigenvalue weighted by Gasteiger charge is 2.43. The van der Waals surface area contributed by atoms with Gasteiger partial charge in [-0.3, -0.25) is 0 Å². The van der Waals surface area contributed by atoms with Gasteiger partial charge in [0.15, 0.2) is 0 Å². The molecule has 0 saturated carbocycles. The average molecular weight is 353 g/mol. The number of benzene rings is 2. The molecule has 0 aliphatic carbocycles. The van der Waals surface area contributed by atoms with Crippen molar-refractivity contribution in [3.63, 3.8) is 0 Å². The van der Waals surface area contributed by atoms with E-state index in [1.54, 1.807) is 48.5 Å². The van der Waals surface area contributed by atoms with Crippen molar-refractivity contribution < 1.29 is 36.2 Å². The number of hydrogen-bond acceptors (Lipinski definition) is 3. The third-order valence-electron chi connectivity index (χ3n) is 2.33. The van der Waals surface area contributed by atoms with Crippen LogP contribution < -0.4 is 10.5 Å². The first-order valence-corrected chi connectivity index (χ1v) is 6.40. The molecule has 0 aromatic heterocycles. The SMILES string of the molecule is FC(F)(F)CC(F)(F)F.Nc1ccc(Oc2cccc(O)c2)cc1. The average Bonchev–Trinajstić information content (AvgIpc) is 2.38. The summed E-state index contributed by atoms with van der Waals surface area (Å²) in [4.78, 5) is 0. The van der Waals surface area contributed by atoms with Crippen molar-refractivity contribution >= 4 is 5.69 Å². The van der Waals surface area contributed by atoms with E-state index in [4.69, 9.17) is 10.5 Å². The largest absolute Gasteiger partial charge is 0.508 e. The summed E-state index contributed by atoms with van der Waals surface area (Å²) in [5, 5.41) is 9.24. The van der Waals surface area contributed by atoms with Crippen LogP contribution in [0.5, 0.6) is 17.2 Å². The summed E-state index contributed by atoms with van der Waals surface area (Å²) >= 11 is 0. The number of rotatable bonds is 2. The summed E-state index contributed by atoms with van der Waals surface area (Å²) < 4.78 is 70.5. The number of nitrogen functional groups attached to an aromatic ring is 1. The lowest BCUT2D eigenvalue weighted by Crippen LogP contribution is -2.20. The van der Waals surface area contributed by atoms with E-state index < -0.39 is 18.8 Å². The number of alkyl halides is 6. The molecule has 2 rings (SSSR count). The Bertz CT molecular complexity index is 626. The highest BCUT2D eigenvalue weighted by Crippen LogP contribution is 2.31. The van der Waals surface area contributed by atoms with E-state index in [1.807, 2.05) is 0 Å². The van der Waals surface area contributed by atoms with Gasteiger partial charge in [0.25, 0.3) is 0 Å². The van der Waals surface area contributed by atoms with Gasteiger partial charge in [0.1, 0.15) is 23.7 Å². The molecular weight excluding hydrogens is 340 g/mol. The Morgan fingerprint density at radius 2 is 1.38 bits per heavy atom. The molecule has 0 heterocycles. The zero-order chi connectivity index (χ0) is 18.4. The minimum absolute atomic E-state index is 0.183. The highest BCUT2D eigenvalue weighted by molar-refractivity contribution is 5.43. The maximum atomic E-state index is 10.8. The van der Waals surface area contributed by atoms with Gasteiger partial charge < -0.3 is 15.6 Å². The molecule has 3 nitrogen and oxygen atoms in total. The molecule has 24 heavy (non-hydrogen) atoms. The van der Waals surface area contributed by atoms with Gasteiger partial charge in [-0.2, -0.15) is 26.3 Å². The van der Waals surface area contributed by atoms with Crippen LogP contribution in [0.25, 0.3) is 0 Å². The molecule has 0 atom stereocenters. The molecule has 0 bridgehead atoms. The second-order valence-electron chi connectivity index (χ2n) is 4.58. The lowest BCUT2D eigenvalue weighted by atomic mass is 10.3. The molecule has 132 valence electrons. The first-order chi connectivity index (χ1) is 10.9. The van der Waals surface area contributed by atoms with Crippen LogP contribution in [0.15, 0.2) is 48.5 Å². The Labute approximate surface area is 133 Å². The molecule has 0 unspecified atom stereocenters. The zero-order valence-corrected chi connectivity index (χ0v) is 12.0. The Kier molecular flexibility index (Phi) is 6.33. The van der Waals surface area contributed by atoms with Crippen LogP contribution in [0.4, 0.5) is 32.0 Å². The van der Waals surface area contributed by atoms with Crippen LogP contribution in [0.1, 0.15) is 6.42 Å². The van der Waals surface area contributed by atoms with Crippen LogP contribution in [0, 0.1) is 0 Å². The van der Waals surface area contributed by atoms with Crippen molar-refractivity contribution in [1.82, 2.24) is 0 Å². The summed E-state index contributed by atoms with van der Waals surface area (Å²) in [5.41, 5.74) is 6.24. The van der Waals surface area contributed by atoms with E-state index in [0.717, 1.165) is 0 Å². The molecule has 0 radical (unpaired) electrons. The topological polar surface area (TPSA) is 55.5 Å². The number of anilines is 1. The van der Waals surface area contributed by atoms with Crippen LogP contribution in [-0.4, -0.2) is 17.5 Å². The third kappa shape index (κ3) is 8.76. The van der Waals surface area contributed by atoms with Gasteiger partial charge >= 0.3 is 12.4 Å². The third-order valence-corrected chi connectivity index (χ3v) is 2.33. The minimum Gasteiger partial charge on any atom is -0.508 e. The van der Waals surface area contributed by atoms with E-state index in [9.17, 15) is 31.4 Å². The predicted molar refractivity (Wildman–Crippen MR) is 75.8 cm³/mol.